The van der Waals surface area contributed by atoms with E-state index >= 15 is 0 Å². The van der Waals surface area contributed by atoms with E-state index < -0.39 is 0 Å². The van der Waals surface area contributed by atoms with Gasteiger partial charge in [-0.3, -0.25) is 9.69 Å². The van der Waals surface area contributed by atoms with E-state index in [1.807, 2.05) is 13.8 Å². The third-order valence-corrected chi connectivity index (χ3v) is 5.08. The van der Waals surface area contributed by atoms with Gasteiger partial charge >= 0.3 is 0 Å². The van der Waals surface area contributed by atoms with Gasteiger partial charge in [-0.05, 0) is 39.8 Å². The highest BCUT2D eigenvalue weighted by molar-refractivity contribution is 7.11. The molecule has 1 aliphatic rings. The summed E-state index contributed by atoms with van der Waals surface area (Å²) in [6.45, 7) is 7.13. The molecule has 1 unspecified atom stereocenters. The summed E-state index contributed by atoms with van der Waals surface area (Å²) in [6.07, 6.45) is 3.69. The zero-order valence-corrected chi connectivity index (χ0v) is 14.0. The standard InChI is InChI=1S/C15H25N3O2S/c1-11-13(21-14(17-11)10-20-3)9-16-15(19)12(2)18-7-5-4-6-8-18/h12H,4-10H2,1-3H3,(H,16,19). The summed E-state index contributed by atoms with van der Waals surface area (Å²) < 4.78 is 5.09. The highest BCUT2D eigenvalue weighted by Crippen LogP contribution is 2.19. The van der Waals surface area contributed by atoms with Gasteiger partial charge in [0.15, 0.2) is 0 Å². The maximum Gasteiger partial charge on any atom is 0.237 e. The number of likely N-dealkylation sites (tertiary alicyclic amines) is 1. The molecule has 1 aromatic rings. The molecule has 1 aromatic heterocycles. The first kappa shape index (κ1) is 16.4. The smallest absolute Gasteiger partial charge is 0.237 e. The highest BCUT2D eigenvalue weighted by atomic mass is 32.1. The van der Waals surface area contributed by atoms with Crippen LogP contribution in [0.2, 0.25) is 0 Å². The summed E-state index contributed by atoms with van der Waals surface area (Å²) in [5, 5.41) is 4.00. The van der Waals surface area contributed by atoms with Crippen molar-refractivity contribution in [2.75, 3.05) is 20.2 Å². The first-order chi connectivity index (χ1) is 10.1. The minimum absolute atomic E-state index is 0.0445. The van der Waals surface area contributed by atoms with Crippen LogP contribution in [0.1, 0.15) is 41.8 Å². The molecule has 0 bridgehead atoms. The van der Waals surface area contributed by atoms with Gasteiger partial charge in [0.25, 0.3) is 0 Å². The number of aryl methyl sites for hydroxylation is 1. The molecule has 0 radical (unpaired) electrons. The lowest BCUT2D eigenvalue weighted by Gasteiger charge is -2.31. The second kappa shape index (κ2) is 7.87. The average molecular weight is 311 g/mol. The van der Waals surface area contributed by atoms with Crippen LogP contribution in [0.5, 0.6) is 0 Å². The molecule has 21 heavy (non-hydrogen) atoms. The van der Waals surface area contributed by atoms with Gasteiger partial charge in [0.2, 0.25) is 5.91 Å². The van der Waals surface area contributed by atoms with Gasteiger partial charge in [-0.25, -0.2) is 4.98 Å². The molecule has 2 heterocycles. The van der Waals surface area contributed by atoms with Gasteiger partial charge in [-0.1, -0.05) is 6.42 Å². The number of carbonyl (C=O) groups is 1. The lowest BCUT2D eigenvalue weighted by atomic mass is 10.1. The molecule has 1 atom stereocenters. The van der Waals surface area contributed by atoms with Crippen molar-refractivity contribution < 1.29 is 9.53 Å². The summed E-state index contributed by atoms with van der Waals surface area (Å²) in [6, 6.07) is -0.0445. The van der Waals surface area contributed by atoms with Crippen LogP contribution in [0.3, 0.4) is 0 Å². The van der Waals surface area contributed by atoms with Crippen molar-refractivity contribution in [3.05, 3.63) is 15.6 Å². The normalized spacial score (nSPS) is 17.7. The van der Waals surface area contributed by atoms with Crippen LogP contribution in [0.4, 0.5) is 0 Å². The van der Waals surface area contributed by atoms with E-state index in [9.17, 15) is 4.79 Å². The molecule has 0 aromatic carbocycles. The van der Waals surface area contributed by atoms with Gasteiger partial charge in [-0.15, -0.1) is 11.3 Å². The Hall–Kier alpha value is -0.980. The van der Waals surface area contributed by atoms with Crippen molar-refractivity contribution in [2.24, 2.45) is 0 Å². The van der Waals surface area contributed by atoms with E-state index in [4.69, 9.17) is 4.74 Å². The number of thiazole rings is 1. The third kappa shape index (κ3) is 4.49. The predicted molar refractivity (Wildman–Crippen MR) is 84.3 cm³/mol. The first-order valence-corrected chi connectivity index (χ1v) is 8.39. The van der Waals surface area contributed by atoms with E-state index in [-0.39, 0.29) is 11.9 Å². The van der Waals surface area contributed by atoms with Crippen LogP contribution in [0.25, 0.3) is 0 Å². The summed E-state index contributed by atoms with van der Waals surface area (Å²) in [4.78, 5) is 20.1. The molecule has 6 heteroatoms. The Morgan fingerprint density at radius 2 is 2.14 bits per heavy atom. The van der Waals surface area contributed by atoms with Crippen LogP contribution in [0.15, 0.2) is 0 Å². The number of carbonyl (C=O) groups excluding carboxylic acids is 1. The van der Waals surface area contributed by atoms with Crippen molar-refractivity contribution in [1.29, 1.82) is 0 Å². The van der Waals surface area contributed by atoms with Gasteiger partial charge in [0, 0.05) is 12.0 Å². The Kier molecular flexibility index (Phi) is 6.14. The van der Waals surface area contributed by atoms with Crippen LogP contribution < -0.4 is 5.32 Å². The number of piperidine rings is 1. The van der Waals surface area contributed by atoms with Gasteiger partial charge < -0.3 is 10.1 Å². The van der Waals surface area contributed by atoms with Crippen LogP contribution in [0, 0.1) is 6.92 Å². The summed E-state index contributed by atoms with van der Waals surface area (Å²) in [5.41, 5.74) is 0.984. The average Bonchev–Trinajstić information content (AvgIpc) is 2.85. The van der Waals surface area contributed by atoms with Crippen molar-refractivity contribution >= 4 is 17.2 Å². The Labute approximate surface area is 130 Å². The Bertz CT molecular complexity index is 469. The van der Waals surface area contributed by atoms with Crippen molar-refractivity contribution in [3.63, 3.8) is 0 Å². The number of nitrogens with one attached hydrogen (secondary N) is 1. The molecule has 1 fully saturated rings. The number of ether oxygens (including phenoxy) is 1. The molecule has 1 aliphatic heterocycles. The number of nitrogens with zero attached hydrogens (tertiary/aromatic N) is 2. The number of hydrogen-bond acceptors (Lipinski definition) is 5. The number of amides is 1. The van der Waals surface area contributed by atoms with Gasteiger partial charge in [0.05, 0.1) is 24.9 Å². The molecule has 0 spiro atoms. The zero-order valence-electron chi connectivity index (χ0n) is 13.1. The zero-order chi connectivity index (χ0) is 15.2. The summed E-state index contributed by atoms with van der Waals surface area (Å²) in [7, 11) is 1.67. The third-order valence-electron chi connectivity index (χ3n) is 3.95. The second-order valence-corrected chi connectivity index (χ2v) is 6.71. The largest absolute Gasteiger partial charge is 0.378 e. The van der Waals surface area contributed by atoms with Crippen molar-refractivity contribution in [1.82, 2.24) is 15.2 Å². The summed E-state index contributed by atoms with van der Waals surface area (Å²) in [5.74, 6) is 0.109. The van der Waals surface area contributed by atoms with Crippen LogP contribution in [-0.2, 0) is 22.7 Å². The minimum Gasteiger partial charge on any atom is -0.378 e. The molecule has 0 saturated carbocycles. The first-order valence-electron chi connectivity index (χ1n) is 7.57. The molecule has 5 nitrogen and oxygen atoms in total. The highest BCUT2D eigenvalue weighted by Gasteiger charge is 2.22. The van der Waals surface area contributed by atoms with Crippen molar-refractivity contribution in [3.8, 4) is 0 Å². The second-order valence-electron chi connectivity index (χ2n) is 5.54. The fourth-order valence-corrected chi connectivity index (χ4v) is 3.61. The van der Waals surface area contributed by atoms with E-state index in [0.29, 0.717) is 13.2 Å². The number of aromatic nitrogens is 1. The monoisotopic (exact) mass is 311 g/mol. The maximum absolute atomic E-state index is 12.3. The predicted octanol–water partition coefficient (Wildman–Crippen LogP) is 2.09. The lowest BCUT2D eigenvalue weighted by Crippen LogP contribution is -2.46. The van der Waals surface area contributed by atoms with Crippen LogP contribution >= 0.6 is 11.3 Å². The van der Waals surface area contributed by atoms with E-state index in [1.54, 1.807) is 18.4 Å². The molecular formula is C15H25N3O2S. The molecular weight excluding hydrogens is 286 g/mol. The van der Waals surface area contributed by atoms with Gasteiger partial charge in [-0.2, -0.15) is 0 Å². The molecule has 1 N–H and O–H groups in total. The fraction of sp³-hybridized carbons (Fsp3) is 0.733. The number of hydrogen-bond donors (Lipinski definition) is 1. The maximum atomic E-state index is 12.3. The molecule has 0 aliphatic carbocycles. The number of methoxy groups -OCH3 is 1. The quantitative estimate of drug-likeness (QED) is 0.874. The SMILES string of the molecule is COCc1nc(C)c(CNC(=O)C(C)N2CCCCC2)s1. The minimum atomic E-state index is -0.0445. The van der Waals surface area contributed by atoms with Crippen LogP contribution in [-0.4, -0.2) is 42.0 Å². The van der Waals surface area contributed by atoms with E-state index in [1.165, 1.54) is 19.3 Å². The molecule has 1 amide bonds. The number of rotatable bonds is 6. The summed E-state index contributed by atoms with van der Waals surface area (Å²) >= 11 is 1.61. The topological polar surface area (TPSA) is 54.5 Å². The molecule has 118 valence electrons. The molecule has 2 rings (SSSR count). The Morgan fingerprint density at radius 1 is 1.43 bits per heavy atom. The lowest BCUT2D eigenvalue weighted by molar-refractivity contribution is -0.126. The molecule has 1 saturated heterocycles. The van der Waals surface area contributed by atoms with E-state index in [0.717, 1.165) is 28.7 Å². The Balaban J connectivity index is 1.85. The Morgan fingerprint density at radius 3 is 2.81 bits per heavy atom. The van der Waals surface area contributed by atoms with Gasteiger partial charge in [0.1, 0.15) is 5.01 Å². The van der Waals surface area contributed by atoms with E-state index in [2.05, 4.69) is 15.2 Å². The fourth-order valence-electron chi connectivity index (χ4n) is 2.62. The van der Waals surface area contributed by atoms with Crippen molar-refractivity contribution in [2.45, 2.75) is 52.3 Å².